The van der Waals surface area contributed by atoms with Gasteiger partial charge in [-0.2, -0.15) is 0 Å². The van der Waals surface area contributed by atoms with Crippen LogP contribution < -0.4 is 11.3 Å². The number of nitrogens with one attached hydrogen (secondary N) is 1. The zero-order valence-corrected chi connectivity index (χ0v) is 13.5. The van der Waals surface area contributed by atoms with Gasteiger partial charge in [-0.05, 0) is 44.8 Å². The first-order chi connectivity index (χ1) is 9.62. The lowest BCUT2D eigenvalue weighted by Gasteiger charge is -2.45. The van der Waals surface area contributed by atoms with Crippen molar-refractivity contribution in [2.24, 2.45) is 5.84 Å². The fraction of sp³-hybridized carbons (Fsp3) is 0.647. The maximum absolute atomic E-state index is 5.87. The summed E-state index contributed by atoms with van der Waals surface area (Å²) < 4.78 is 0. The van der Waals surface area contributed by atoms with Crippen molar-refractivity contribution in [3.05, 3.63) is 35.9 Å². The third-order valence-corrected chi connectivity index (χ3v) is 4.72. The summed E-state index contributed by atoms with van der Waals surface area (Å²) in [5.41, 5.74) is 4.56. The molecule has 1 rings (SSSR count). The van der Waals surface area contributed by atoms with Crippen LogP contribution in [0.3, 0.4) is 0 Å². The fourth-order valence-electron chi connectivity index (χ4n) is 3.17. The van der Waals surface area contributed by atoms with E-state index in [2.05, 4.69) is 68.4 Å². The number of hydrogen-bond donors (Lipinski definition) is 2. The molecule has 2 unspecified atom stereocenters. The molecule has 3 N–H and O–H groups in total. The first kappa shape index (κ1) is 17.2. The van der Waals surface area contributed by atoms with Crippen molar-refractivity contribution in [2.75, 3.05) is 13.1 Å². The van der Waals surface area contributed by atoms with Crippen molar-refractivity contribution in [2.45, 2.75) is 58.5 Å². The molecule has 2 atom stereocenters. The molecular weight excluding hydrogens is 246 g/mol. The van der Waals surface area contributed by atoms with Gasteiger partial charge in [0.05, 0.1) is 0 Å². The topological polar surface area (TPSA) is 41.3 Å². The van der Waals surface area contributed by atoms with Gasteiger partial charge < -0.3 is 0 Å². The van der Waals surface area contributed by atoms with Gasteiger partial charge >= 0.3 is 0 Å². The van der Waals surface area contributed by atoms with Gasteiger partial charge in [0.25, 0.3) is 0 Å². The Morgan fingerprint density at radius 3 is 2.20 bits per heavy atom. The van der Waals surface area contributed by atoms with Crippen molar-refractivity contribution >= 4 is 0 Å². The predicted octanol–water partition coefficient (Wildman–Crippen LogP) is 2.96. The zero-order chi connectivity index (χ0) is 15.0. The molecule has 0 aliphatic rings. The minimum Gasteiger partial charge on any atom is -0.297 e. The molecular formula is C17H31N3. The Morgan fingerprint density at radius 1 is 1.15 bits per heavy atom. The van der Waals surface area contributed by atoms with Crippen LogP contribution >= 0.6 is 0 Å². The van der Waals surface area contributed by atoms with Gasteiger partial charge in [-0.25, -0.2) is 0 Å². The number of hydrogen-bond acceptors (Lipinski definition) is 3. The van der Waals surface area contributed by atoms with Gasteiger partial charge in [0.1, 0.15) is 0 Å². The quantitative estimate of drug-likeness (QED) is 0.538. The Kier molecular flexibility index (Phi) is 7.20. The largest absolute Gasteiger partial charge is 0.297 e. The van der Waals surface area contributed by atoms with Crippen LogP contribution in [-0.2, 0) is 6.42 Å². The lowest BCUT2D eigenvalue weighted by Crippen LogP contribution is -2.60. The van der Waals surface area contributed by atoms with Gasteiger partial charge in [0, 0.05) is 11.6 Å². The molecule has 1 aromatic carbocycles. The van der Waals surface area contributed by atoms with Crippen LogP contribution in [-0.4, -0.2) is 29.6 Å². The summed E-state index contributed by atoms with van der Waals surface area (Å²) in [4.78, 5) is 2.52. The van der Waals surface area contributed by atoms with Crippen LogP contribution in [0.25, 0.3) is 0 Å². The summed E-state index contributed by atoms with van der Waals surface area (Å²) >= 11 is 0. The van der Waals surface area contributed by atoms with E-state index in [0.29, 0.717) is 6.04 Å². The van der Waals surface area contributed by atoms with E-state index in [1.54, 1.807) is 0 Å². The highest BCUT2D eigenvalue weighted by Gasteiger charge is 2.35. The molecule has 20 heavy (non-hydrogen) atoms. The molecule has 0 aromatic heterocycles. The van der Waals surface area contributed by atoms with Crippen LogP contribution in [0.1, 0.15) is 46.1 Å². The minimum absolute atomic E-state index is 0.104. The second kappa shape index (κ2) is 8.40. The van der Waals surface area contributed by atoms with Crippen molar-refractivity contribution < 1.29 is 0 Å². The molecule has 114 valence electrons. The normalized spacial score (nSPS) is 16.1. The summed E-state index contributed by atoms with van der Waals surface area (Å²) in [7, 11) is 0. The average molecular weight is 277 g/mol. The van der Waals surface area contributed by atoms with E-state index in [1.807, 2.05) is 0 Å². The summed E-state index contributed by atoms with van der Waals surface area (Å²) in [5.74, 6) is 5.87. The lowest BCUT2D eigenvalue weighted by molar-refractivity contribution is 0.0668. The monoisotopic (exact) mass is 277 g/mol. The number of benzene rings is 1. The Labute approximate surface area is 124 Å². The van der Waals surface area contributed by atoms with Crippen molar-refractivity contribution in [3.8, 4) is 0 Å². The maximum Gasteiger partial charge on any atom is 0.0395 e. The van der Waals surface area contributed by atoms with Crippen LogP contribution in [0.2, 0.25) is 0 Å². The second-order valence-electron chi connectivity index (χ2n) is 5.63. The molecule has 3 nitrogen and oxygen atoms in total. The number of nitrogens with zero attached hydrogens (tertiary/aromatic N) is 1. The molecule has 0 saturated carbocycles. The van der Waals surface area contributed by atoms with E-state index >= 15 is 0 Å². The first-order valence-electron chi connectivity index (χ1n) is 7.87. The molecule has 0 amide bonds. The summed E-state index contributed by atoms with van der Waals surface area (Å²) in [6.07, 6.45) is 3.21. The lowest BCUT2D eigenvalue weighted by atomic mass is 9.84. The molecule has 1 aromatic rings. The summed E-state index contributed by atoms with van der Waals surface area (Å²) in [5, 5.41) is 0. The molecule has 0 fully saturated rings. The van der Waals surface area contributed by atoms with E-state index in [0.717, 1.165) is 32.4 Å². The third-order valence-electron chi connectivity index (χ3n) is 4.72. The molecule has 0 bridgehead atoms. The van der Waals surface area contributed by atoms with Crippen LogP contribution in [0.15, 0.2) is 30.3 Å². The Hall–Kier alpha value is -0.900. The summed E-state index contributed by atoms with van der Waals surface area (Å²) in [6.45, 7) is 11.2. The van der Waals surface area contributed by atoms with Crippen molar-refractivity contribution in [3.63, 3.8) is 0 Å². The van der Waals surface area contributed by atoms with E-state index < -0.39 is 0 Å². The molecule has 0 heterocycles. The van der Waals surface area contributed by atoms with Gasteiger partial charge in [-0.3, -0.25) is 16.2 Å². The Bertz CT molecular complexity index is 362. The molecule has 3 heteroatoms. The molecule has 0 saturated heterocycles. The van der Waals surface area contributed by atoms with Gasteiger partial charge in [0.15, 0.2) is 0 Å². The highest BCUT2D eigenvalue weighted by atomic mass is 15.3. The fourth-order valence-corrected chi connectivity index (χ4v) is 3.17. The molecule has 0 aliphatic carbocycles. The standard InChI is InChI=1S/C17H31N3/c1-5-17(4,20(6-2)7-3)16(19-18)14-13-15-11-9-8-10-12-15/h8-12,16,19H,5-7,13-14,18H2,1-4H3. The van der Waals surface area contributed by atoms with E-state index in [1.165, 1.54) is 5.56 Å². The third kappa shape index (κ3) is 4.05. The SMILES string of the molecule is CCN(CC)C(C)(CC)C(CCc1ccccc1)NN. The van der Waals surface area contributed by atoms with Gasteiger partial charge in [0.2, 0.25) is 0 Å². The number of aryl methyl sites for hydroxylation is 1. The van der Waals surface area contributed by atoms with Gasteiger partial charge in [-0.15, -0.1) is 0 Å². The van der Waals surface area contributed by atoms with Crippen LogP contribution in [0.4, 0.5) is 0 Å². The Morgan fingerprint density at radius 2 is 1.75 bits per heavy atom. The van der Waals surface area contributed by atoms with Gasteiger partial charge in [-0.1, -0.05) is 51.1 Å². The maximum atomic E-state index is 5.87. The highest BCUT2D eigenvalue weighted by Crippen LogP contribution is 2.26. The van der Waals surface area contributed by atoms with Crippen LogP contribution in [0, 0.1) is 0 Å². The van der Waals surface area contributed by atoms with Crippen molar-refractivity contribution in [1.82, 2.24) is 10.3 Å². The molecule has 0 aliphatic heterocycles. The van der Waals surface area contributed by atoms with Crippen LogP contribution in [0.5, 0.6) is 0 Å². The number of likely N-dealkylation sites (N-methyl/N-ethyl adjacent to an activating group) is 1. The molecule has 0 spiro atoms. The number of rotatable bonds is 9. The van der Waals surface area contributed by atoms with E-state index in [4.69, 9.17) is 5.84 Å². The molecule has 0 radical (unpaired) electrons. The van der Waals surface area contributed by atoms with E-state index in [-0.39, 0.29) is 5.54 Å². The first-order valence-corrected chi connectivity index (χ1v) is 7.87. The average Bonchev–Trinajstić information content (AvgIpc) is 2.50. The zero-order valence-electron chi connectivity index (χ0n) is 13.5. The second-order valence-corrected chi connectivity index (χ2v) is 5.63. The Balaban J connectivity index is 2.76. The minimum atomic E-state index is 0.104. The highest BCUT2D eigenvalue weighted by molar-refractivity contribution is 5.15. The van der Waals surface area contributed by atoms with E-state index in [9.17, 15) is 0 Å². The number of nitrogens with two attached hydrogens (primary N) is 1. The summed E-state index contributed by atoms with van der Waals surface area (Å²) in [6, 6.07) is 10.9. The predicted molar refractivity (Wildman–Crippen MR) is 87.5 cm³/mol. The van der Waals surface area contributed by atoms with Crippen molar-refractivity contribution in [1.29, 1.82) is 0 Å². The number of hydrazine groups is 1. The smallest absolute Gasteiger partial charge is 0.0395 e.